The Bertz CT molecular complexity index is 995. The number of aromatic nitrogens is 1. The lowest BCUT2D eigenvalue weighted by Crippen LogP contribution is -2.52. The van der Waals surface area contributed by atoms with Crippen LogP contribution < -0.4 is 5.32 Å². The average Bonchev–Trinajstić information content (AvgIpc) is 3.16. The molecule has 35 heavy (non-hydrogen) atoms. The molecule has 9 nitrogen and oxygen atoms in total. The second-order valence-corrected chi connectivity index (χ2v) is 11.0. The zero-order valence-corrected chi connectivity index (χ0v) is 20.8. The van der Waals surface area contributed by atoms with Crippen LogP contribution in [0, 0.1) is 5.92 Å². The quantitative estimate of drug-likeness (QED) is 0.607. The van der Waals surface area contributed by atoms with Crippen LogP contribution >= 0.6 is 0 Å². The minimum atomic E-state index is -1.00. The minimum absolute atomic E-state index is 0.225. The van der Waals surface area contributed by atoms with Crippen molar-refractivity contribution in [1.82, 2.24) is 25.0 Å². The number of carbonyl (C=O) groups excluding carboxylic acids is 3. The second kappa shape index (κ2) is 9.59. The van der Waals surface area contributed by atoms with Crippen molar-refractivity contribution in [3.63, 3.8) is 0 Å². The molecule has 0 spiro atoms. The van der Waals surface area contributed by atoms with Crippen LogP contribution in [0.25, 0.3) is 0 Å². The van der Waals surface area contributed by atoms with Gasteiger partial charge >= 0.3 is 0 Å². The Morgan fingerprint density at radius 1 is 1.09 bits per heavy atom. The number of hydrogen-bond acceptors (Lipinski definition) is 7. The molecule has 0 bridgehead atoms. The van der Waals surface area contributed by atoms with Gasteiger partial charge in [0.15, 0.2) is 0 Å². The normalized spacial score (nSPS) is 26.3. The smallest absolute Gasteiger partial charge is 0.256 e. The van der Waals surface area contributed by atoms with Gasteiger partial charge < -0.3 is 19.8 Å². The number of amides is 3. The molecule has 5 heterocycles. The van der Waals surface area contributed by atoms with E-state index in [4.69, 9.17) is 4.98 Å². The van der Waals surface area contributed by atoms with Gasteiger partial charge in [-0.2, -0.15) is 0 Å². The van der Waals surface area contributed by atoms with Crippen molar-refractivity contribution >= 4 is 17.7 Å². The van der Waals surface area contributed by atoms with E-state index in [1.807, 2.05) is 0 Å². The molecule has 1 unspecified atom stereocenters. The summed E-state index contributed by atoms with van der Waals surface area (Å²) in [5.41, 5.74) is 0.689. The fraction of sp³-hybridized carbons (Fsp3) is 0.692. The van der Waals surface area contributed by atoms with E-state index in [9.17, 15) is 19.5 Å². The van der Waals surface area contributed by atoms with Crippen LogP contribution in [-0.4, -0.2) is 87.3 Å². The molecule has 1 atom stereocenters. The van der Waals surface area contributed by atoms with Gasteiger partial charge in [-0.15, -0.1) is 0 Å². The number of likely N-dealkylation sites (tertiary alicyclic amines) is 2. The average molecular weight is 484 g/mol. The fourth-order valence-corrected chi connectivity index (χ4v) is 6.07. The first kappa shape index (κ1) is 24.3. The van der Waals surface area contributed by atoms with Gasteiger partial charge in [-0.1, -0.05) is 0 Å². The SMILES string of the molecule is CC(C)N1CCC(CN2CCC(O)(c3ccc4c(n3)CN(C3CCC(=O)NC3=O)C4=O)CC2)CC1. The fourth-order valence-electron chi connectivity index (χ4n) is 6.07. The highest BCUT2D eigenvalue weighted by Gasteiger charge is 2.42. The van der Waals surface area contributed by atoms with Crippen molar-refractivity contribution in [2.75, 3.05) is 32.7 Å². The number of piperidine rings is 3. The number of pyridine rings is 1. The number of aliphatic hydroxyl groups is 1. The summed E-state index contributed by atoms with van der Waals surface area (Å²) in [6.07, 6.45) is 4.27. The predicted octanol–water partition coefficient (Wildman–Crippen LogP) is 1.25. The highest BCUT2D eigenvalue weighted by Crippen LogP contribution is 2.35. The third-order valence-corrected chi connectivity index (χ3v) is 8.43. The molecule has 4 aliphatic rings. The molecule has 1 aromatic heterocycles. The van der Waals surface area contributed by atoms with E-state index in [0.29, 0.717) is 42.3 Å². The molecule has 0 aromatic carbocycles. The summed E-state index contributed by atoms with van der Waals surface area (Å²) in [6.45, 7) is 9.87. The Kier molecular flexibility index (Phi) is 6.67. The first-order valence-corrected chi connectivity index (χ1v) is 13.1. The maximum Gasteiger partial charge on any atom is 0.256 e. The molecule has 2 N–H and O–H groups in total. The number of carbonyl (C=O) groups is 3. The monoisotopic (exact) mass is 483 g/mol. The van der Waals surface area contributed by atoms with Gasteiger partial charge in [0.2, 0.25) is 11.8 Å². The summed E-state index contributed by atoms with van der Waals surface area (Å²) in [7, 11) is 0. The maximum atomic E-state index is 12.9. The molecule has 4 aliphatic heterocycles. The zero-order chi connectivity index (χ0) is 24.7. The summed E-state index contributed by atoms with van der Waals surface area (Å²) < 4.78 is 0. The molecule has 5 rings (SSSR count). The summed E-state index contributed by atoms with van der Waals surface area (Å²) >= 11 is 0. The number of hydrogen-bond donors (Lipinski definition) is 2. The molecule has 9 heteroatoms. The number of rotatable bonds is 5. The van der Waals surface area contributed by atoms with Crippen LogP contribution in [0.5, 0.6) is 0 Å². The van der Waals surface area contributed by atoms with Gasteiger partial charge in [-0.25, -0.2) is 0 Å². The van der Waals surface area contributed by atoms with Crippen LogP contribution in [0.1, 0.15) is 74.1 Å². The summed E-state index contributed by atoms with van der Waals surface area (Å²) in [4.78, 5) is 47.9. The summed E-state index contributed by atoms with van der Waals surface area (Å²) in [5.74, 6) is -0.244. The molecule has 0 radical (unpaired) electrons. The first-order valence-electron chi connectivity index (χ1n) is 13.1. The molecule has 190 valence electrons. The molecule has 3 amide bonds. The van der Waals surface area contributed by atoms with Gasteiger partial charge in [-0.3, -0.25) is 24.7 Å². The molecule has 1 aromatic rings. The van der Waals surface area contributed by atoms with Crippen molar-refractivity contribution in [2.24, 2.45) is 5.92 Å². The van der Waals surface area contributed by atoms with E-state index >= 15 is 0 Å². The van der Waals surface area contributed by atoms with E-state index < -0.39 is 17.6 Å². The Balaban J connectivity index is 1.19. The lowest BCUT2D eigenvalue weighted by atomic mass is 9.86. The largest absolute Gasteiger partial charge is 0.383 e. The van der Waals surface area contributed by atoms with Crippen LogP contribution in [0.3, 0.4) is 0 Å². The van der Waals surface area contributed by atoms with E-state index in [0.717, 1.165) is 25.6 Å². The number of imide groups is 1. The van der Waals surface area contributed by atoms with E-state index in [1.54, 1.807) is 12.1 Å². The van der Waals surface area contributed by atoms with Gasteiger partial charge in [0, 0.05) is 32.1 Å². The standard InChI is InChI=1S/C26H37N5O4/c1-17(2)30-11-7-18(8-12-30)15-29-13-9-26(35,10-14-29)22-5-3-19-20(27-22)16-31(25(19)34)21-4-6-23(32)28-24(21)33/h3,5,17-18,21,35H,4,6-16H2,1-2H3,(H,28,32,33). The molecule has 0 aliphatic carbocycles. The zero-order valence-electron chi connectivity index (χ0n) is 20.8. The van der Waals surface area contributed by atoms with Crippen LogP contribution in [0.2, 0.25) is 0 Å². The topological polar surface area (TPSA) is 106 Å². The van der Waals surface area contributed by atoms with Crippen LogP contribution in [-0.2, 0) is 21.7 Å². The Hall–Kier alpha value is -2.36. The van der Waals surface area contributed by atoms with Crippen molar-refractivity contribution in [3.8, 4) is 0 Å². The highest BCUT2D eigenvalue weighted by atomic mass is 16.3. The predicted molar refractivity (Wildman–Crippen MR) is 129 cm³/mol. The van der Waals surface area contributed by atoms with Crippen molar-refractivity contribution < 1.29 is 19.5 Å². The van der Waals surface area contributed by atoms with Gasteiger partial charge in [0.1, 0.15) is 11.6 Å². The van der Waals surface area contributed by atoms with E-state index in [2.05, 4.69) is 29.0 Å². The van der Waals surface area contributed by atoms with Crippen LogP contribution in [0.4, 0.5) is 0 Å². The lowest BCUT2D eigenvalue weighted by Gasteiger charge is -2.41. The minimum Gasteiger partial charge on any atom is -0.383 e. The van der Waals surface area contributed by atoms with Gasteiger partial charge in [0.05, 0.1) is 23.5 Å². The third-order valence-electron chi connectivity index (χ3n) is 8.43. The van der Waals surface area contributed by atoms with E-state index in [-0.39, 0.29) is 24.8 Å². The third kappa shape index (κ3) is 4.86. The number of nitrogens with one attached hydrogen (secondary N) is 1. The van der Waals surface area contributed by atoms with Gasteiger partial charge in [0.25, 0.3) is 5.91 Å². The van der Waals surface area contributed by atoms with Gasteiger partial charge in [-0.05, 0) is 77.1 Å². The Labute approximate surface area is 206 Å². The Morgan fingerprint density at radius 2 is 1.80 bits per heavy atom. The molecule has 0 saturated carbocycles. The summed E-state index contributed by atoms with van der Waals surface area (Å²) in [5, 5.41) is 13.8. The van der Waals surface area contributed by atoms with Crippen LogP contribution in [0.15, 0.2) is 12.1 Å². The summed E-state index contributed by atoms with van der Waals surface area (Å²) in [6, 6.07) is 3.46. The number of fused-ring (bicyclic) bond motifs is 1. The van der Waals surface area contributed by atoms with E-state index in [1.165, 1.54) is 30.8 Å². The lowest BCUT2D eigenvalue weighted by molar-refractivity contribution is -0.136. The number of nitrogens with zero attached hydrogens (tertiary/aromatic N) is 4. The molecular formula is C26H37N5O4. The second-order valence-electron chi connectivity index (χ2n) is 11.0. The molecule has 3 fully saturated rings. The first-order chi connectivity index (χ1) is 16.7. The van der Waals surface area contributed by atoms with Crippen molar-refractivity contribution in [2.45, 2.75) is 76.6 Å². The Morgan fingerprint density at radius 3 is 2.46 bits per heavy atom. The van der Waals surface area contributed by atoms with Crippen molar-refractivity contribution in [3.05, 3.63) is 29.1 Å². The highest BCUT2D eigenvalue weighted by molar-refractivity contribution is 6.05. The molecular weight excluding hydrogens is 446 g/mol. The molecule has 3 saturated heterocycles. The maximum absolute atomic E-state index is 12.9. The van der Waals surface area contributed by atoms with Crippen molar-refractivity contribution in [1.29, 1.82) is 0 Å².